The number of nitrogens with one attached hydrogen (secondary N) is 1. The summed E-state index contributed by atoms with van der Waals surface area (Å²) >= 11 is 3.52. The molecule has 1 fully saturated rings. The Hall–Kier alpha value is -0.540. The van der Waals surface area contributed by atoms with Gasteiger partial charge in [-0.25, -0.2) is 0 Å². The highest BCUT2D eigenvalue weighted by molar-refractivity contribution is 9.10. The second-order valence-corrected chi connectivity index (χ2v) is 5.50. The lowest BCUT2D eigenvalue weighted by Gasteiger charge is -2.20. The summed E-state index contributed by atoms with van der Waals surface area (Å²) in [4.78, 5) is 0. The summed E-state index contributed by atoms with van der Waals surface area (Å²) in [5, 5.41) is 3.54. The highest BCUT2D eigenvalue weighted by Gasteiger charge is 2.22. The fraction of sp³-hybridized carbons (Fsp3) is 0.571. The molecule has 1 N–H and O–H groups in total. The van der Waals surface area contributed by atoms with E-state index in [0.29, 0.717) is 0 Å². The van der Waals surface area contributed by atoms with E-state index in [2.05, 4.69) is 28.2 Å². The summed E-state index contributed by atoms with van der Waals surface area (Å²) in [5.74, 6) is 0.948. The molecule has 2 rings (SSSR count). The lowest BCUT2D eigenvalue weighted by Crippen LogP contribution is -2.32. The molecule has 1 aromatic carbocycles. The van der Waals surface area contributed by atoms with Crippen LogP contribution in [0.4, 0.5) is 0 Å². The van der Waals surface area contributed by atoms with Gasteiger partial charge in [-0.3, -0.25) is 0 Å². The molecule has 0 amide bonds. The molecular formula is C14H20BrNO. The highest BCUT2D eigenvalue weighted by Crippen LogP contribution is 2.26. The van der Waals surface area contributed by atoms with Crippen LogP contribution in [0, 0.1) is 0 Å². The van der Waals surface area contributed by atoms with Crippen molar-refractivity contribution in [2.45, 2.75) is 44.8 Å². The molecule has 1 aliphatic carbocycles. The molecule has 94 valence electrons. The van der Waals surface area contributed by atoms with E-state index in [0.717, 1.165) is 35.7 Å². The summed E-state index contributed by atoms with van der Waals surface area (Å²) in [6.45, 7) is 3.16. The smallest absolute Gasteiger partial charge is 0.133 e. The maximum atomic E-state index is 6.05. The van der Waals surface area contributed by atoms with Crippen LogP contribution in [-0.4, -0.2) is 18.7 Å². The van der Waals surface area contributed by atoms with E-state index in [-0.39, 0.29) is 6.10 Å². The van der Waals surface area contributed by atoms with Gasteiger partial charge in [0.2, 0.25) is 0 Å². The summed E-state index contributed by atoms with van der Waals surface area (Å²) in [6, 6.07) is 8.81. The van der Waals surface area contributed by atoms with Crippen molar-refractivity contribution in [3.05, 3.63) is 28.7 Å². The first-order valence-corrected chi connectivity index (χ1v) is 7.23. The normalized spacial score (nSPS) is 16.8. The van der Waals surface area contributed by atoms with Crippen LogP contribution in [0.1, 0.15) is 32.6 Å². The van der Waals surface area contributed by atoms with Crippen LogP contribution in [-0.2, 0) is 0 Å². The number of para-hydroxylation sites is 1. The molecule has 0 bridgehead atoms. The topological polar surface area (TPSA) is 21.3 Å². The Kier molecular flexibility index (Phi) is 4.86. The Morgan fingerprint density at radius 2 is 2.18 bits per heavy atom. The lowest BCUT2D eigenvalue weighted by atomic mass is 10.2. The first kappa shape index (κ1) is 12.9. The van der Waals surface area contributed by atoms with Crippen molar-refractivity contribution < 1.29 is 4.74 Å². The molecule has 0 aliphatic heterocycles. The predicted octanol–water partition coefficient (Wildman–Crippen LogP) is 3.75. The SMILES string of the molecule is CCCC(CNC1CC1)Oc1ccccc1Br. The minimum absolute atomic E-state index is 0.277. The average molecular weight is 298 g/mol. The maximum absolute atomic E-state index is 6.05. The van der Waals surface area contributed by atoms with Crippen LogP contribution in [0.25, 0.3) is 0 Å². The highest BCUT2D eigenvalue weighted by atomic mass is 79.9. The molecular weight excluding hydrogens is 278 g/mol. The zero-order valence-electron chi connectivity index (χ0n) is 10.3. The van der Waals surface area contributed by atoms with Gasteiger partial charge in [0.15, 0.2) is 0 Å². The number of hydrogen-bond acceptors (Lipinski definition) is 2. The summed E-state index contributed by atoms with van der Waals surface area (Å²) in [5.41, 5.74) is 0. The molecule has 0 radical (unpaired) electrons. The fourth-order valence-electron chi connectivity index (χ4n) is 1.83. The van der Waals surface area contributed by atoms with Crippen molar-refractivity contribution in [2.24, 2.45) is 0 Å². The van der Waals surface area contributed by atoms with Crippen molar-refractivity contribution >= 4 is 15.9 Å². The van der Waals surface area contributed by atoms with Gasteiger partial charge < -0.3 is 10.1 Å². The van der Waals surface area contributed by atoms with E-state index in [1.165, 1.54) is 12.8 Å². The van der Waals surface area contributed by atoms with Gasteiger partial charge in [-0.15, -0.1) is 0 Å². The zero-order valence-corrected chi connectivity index (χ0v) is 11.9. The number of ether oxygens (including phenoxy) is 1. The van der Waals surface area contributed by atoms with Gasteiger partial charge in [0, 0.05) is 12.6 Å². The fourth-order valence-corrected chi connectivity index (χ4v) is 2.21. The largest absolute Gasteiger partial charge is 0.488 e. The number of hydrogen-bond donors (Lipinski definition) is 1. The molecule has 3 heteroatoms. The van der Waals surface area contributed by atoms with E-state index in [1.807, 2.05) is 24.3 Å². The third kappa shape index (κ3) is 4.32. The van der Waals surface area contributed by atoms with Crippen molar-refractivity contribution in [2.75, 3.05) is 6.54 Å². The maximum Gasteiger partial charge on any atom is 0.133 e. The second kappa shape index (κ2) is 6.41. The molecule has 1 aromatic rings. The summed E-state index contributed by atoms with van der Waals surface area (Å²) < 4.78 is 7.09. The number of halogens is 1. The molecule has 0 aromatic heterocycles. The Bertz CT molecular complexity index is 352. The Balaban J connectivity index is 1.88. The molecule has 1 aliphatic rings. The zero-order chi connectivity index (χ0) is 12.1. The summed E-state index contributed by atoms with van der Waals surface area (Å²) in [7, 11) is 0. The van der Waals surface area contributed by atoms with Crippen LogP contribution in [0.2, 0.25) is 0 Å². The Labute approximate surface area is 112 Å². The first-order valence-electron chi connectivity index (χ1n) is 6.44. The quantitative estimate of drug-likeness (QED) is 0.828. The molecule has 1 unspecified atom stereocenters. The Morgan fingerprint density at radius 3 is 2.82 bits per heavy atom. The van der Waals surface area contributed by atoms with Crippen molar-refractivity contribution in [3.63, 3.8) is 0 Å². The van der Waals surface area contributed by atoms with Gasteiger partial charge in [0.25, 0.3) is 0 Å². The molecule has 2 nitrogen and oxygen atoms in total. The number of benzene rings is 1. The van der Waals surface area contributed by atoms with Gasteiger partial charge in [-0.05, 0) is 47.3 Å². The van der Waals surface area contributed by atoms with E-state index in [1.54, 1.807) is 0 Å². The molecule has 1 saturated carbocycles. The first-order chi connectivity index (χ1) is 8.29. The third-order valence-electron chi connectivity index (χ3n) is 2.95. The lowest BCUT2D eigenvalue weighted by molar-refractivity contribution is 0.185. The van der Waals surface area contributed by atoms with Crippen molar-refractivity contribution in [1.29, 1.82) is 0 Å². The van der Waals surface area contributed by atoms with Gasteiger partial charge >= 0.3 is 0 Å². The summed E-state index contributed by atoms with van der Waals surface area (Å²) in [6.07, 6.45) is 5.18. The van der Waals surface area contributed by atoms with Gasteiger partial charge in [0.05, 0.1) is 4.47 Å². The standard InChI is InChI=1S/C14H20BrNO/c1-2-5-12(10-16-11-8-9-11)17-14-7-4-3-6-13(14)15/h3-4,6-7,11-12,16H,2,5,8-10H2,1H3. The van der Waals surface area contributed by atoms with Crippen molar-refractivity contribution in [3.8, 4) is 5.75 Å². The van der Waals surface area contributed by atoms with E-state index in [9.17, 15) is 0 Å². The van der Waals surface area contributed by atoms with Crippen LogP contribution < -0.4 is 10.1 Å². The van der Waals surface area contributed by atoms with Crippen LogP contribution in [0.5, 0.6) is 5.75 Å². The average Bonchev–Trinajstić information content (AvgIpc) is 3.13. The van der Waals surface area contributed by atoms with E-state index < -0.39 is 0 Å². The minimum atomic E-state index is 0.277. The molecule has 17 heavy (non-hydrogen) atoms. The molecule has 0 saturated heterocycles. The molecule has 0 heterocycles. The third-order valence-corrected chi connectivity index (χ3v) is 3.61. The van der Waals surface area contributed by atoms with Crippen LogP contribution in [0.15, 0.2) is 28.7 Å². The van der Waals surface area contributed by atoms with Gasteiger partial charge in [0.1, 0.15) is 11.9 Å². The van der Waals surface area contributed by atoms with Crippen molar-refractivity contribution in [1.82, 2.24) is 5.32 Å². The van der Waals surface area contributed by atoms with Gasteiger partial charge in [-0.2, -0.15) is 0 Å². The second-order valence-electron chi connectivity index (χ2n) is 4.64. The van der Waals surface area contributed by atoms with Crippen LogP contribution in [0.3, 0.4) is 0 Å². The molecule has 0 spiro atoms. The molecule has 1 atom stereocenters. The van der Waals surface area contributed by atoms with E-state index >= 15 is 0 Å². The van der Waals surface area contributed by atoms with Gasteiger partial charge in [-0.1, -0.05) is 25.5 Å². The number of rotatable bonds is 7. The minimum Gasteiger partial charge on any atom is -0.488 e. The van der Waals surface area contributed by atoms with Crippen LogP contribution >= 0.6 is 15.9 Å². The van der Waals surface area contributed by atoms with E-state index in [4.69, 9.17) is 4.74 Å². The monoisotopic (exact) mass is 297 g/mol. The predicted molar refractivity (Wildman–Crippen MR) is 74.5 cm³/mol. The Morgan fingerprint density at radius 1 is 1.41 bits per heavy atom.